The van der Waals surface area contributed by atoms with E-state index in [1.807, 2.05) is 23.1 Å². The second-order valence-electron chi connectivity index (χ2n) is 7.39. The summed E-state index contributed by atoms with van der Waals surface area (Å²) in [6.07, 6.45) is 2.69. The number of nitrogens with zero attached hydrogens (tertiary/aromatic N) is 1. The molecule has 2 atom stereocenters. The van der Waals surface area contributed by atoms with Crippen molar-refractivity contribution in [3.8, 4) is 0 Å². The predicted molar refractivity (Wildman–Crippen MR) is 94.3 cm³/mol. The van der Waals surface area contributed by atoms with E-state index in [0.717, 1.165) is 19.4 Å². The first-order valence-corrected chi connectivity index (χ1v) is 7.95. The molecule has 3 nitrogen and oxygen atoms in total. The second-order valence-corrected chi connectivity index (χ2v) is 7.39. The van der Waals surface area contributed by atoms with Gasteiger partial charge in [0.1, 0.15) is 0 Å². The summed E-state index contributed by atoms with van der Waals surface area (Å²) in [5, 5.41) is 0. The Balaban J connectivity index is 0.00000242. The molecule has 1 aromatic rings. The number of rotatable bonds is 4. The number of hydrogen-bond donors (Lipinski definition) is 1. The molecule has 1 saturated heterocycles. The van der Waals surface area contributed by atoms with Crippen LogP contribution in [0.15, 0.2) is 30.3 Å². The van der Waals surface area contributed by atoms with Gasteiger partial charge in [0.25, 0.3) is 0 Å². The molecule has 0 aliphatic carbocycles. The van der Waals surface area contributed by atoms with Crippen LogP contribution in [-0.4, -0.2) is 29.9 Å². The molecule has 1 aromatic carbocycles. The van der Waals surface area contributed by atoms with Gasteiger partial charge < -0.3 is 10.6 Å². The molecule has 2 rings (SSSR count). The Morgan fingerprint density at radius 3 is 2.45 bits per heavy atom. The lowest BCUT2D eigenvalue weighted by molar-refractivity contribution is -0.130. The van der Waals surface area contributed by atoms with Crippen molar-refractivity contribution in [3.63, 3.8) is 0 Å². The van der Waals surface area contributed by atoms with Gasteiger partial charge in [-0.2, -0.15) is 0 Å². The molecule has 0 aromatic heterocycles. The van der Waals surface area contributed by atoms with Gasteiger partial charge in [-0.25, -0.2) is 0 Å². The van der Waals surface area contributed by atoms with Crippen LogP contribution < -0.4 is 5.73 Å². The van der Waals surface area contributed by atoms with Crippen LogP contribution >= 0.6 is 12.4 Å². The van der Waals surface area contributed by atoms with Crippen molar-refractivity contribution in [2.45, 2.75) is 52.0 Å². The molecule has 1 heterocycles. The summed E-state index contributed by atoms with van der Waals surface area (Å²) < 4.78 is 0. The van der Waals surface area contributed by atoms with E-state index in [9.17, 15) is 4.79 Å². The number of nitrogens with two attached hydrogens (primary N) is 1. The van der Waals surface area contributed by atoms with Crippen molar-refractivity contribution in [2.75, 3.05) is 13.1 Å². The minimum atomic E-state index is 0. The molecule has 0 bridgehead atoms. The van der Waals surface area contributed by atoms with Gasteiger partial charge in [0.15, 0.2) is 0 Å². The summed E-state index contributed by atoms with van der Waals surface area (Å²) in [4.78, 5) is 14.3. The third-order valence-electron chi connectivity index (χ3n) is 4.26. The van der Waals surface area contributed by atoms with Gasteiger partial charge in [-0.15, -0.1) is 12.4 Å². The number of likely N-dealkylation sites (tertiary alicyclic amines) is 1. The Hall–Kier alpha value is -1.06. The van der Waals surface area contributed by atoms with E-state index in [4.69, 9.17) is 5.73 Å². The molecule has 1 aliphatic heterocycles. The van der Waals surface area contributed by atoms with E-state index in [1.165, 1.54) is 5.56 Å². The van der Waals surface area contributed by atoms with Crippen LogP contribution in [0, 0.1) is 5.41 Å². The molecule has 124 valence electrons. The lowest BCUT2D eigenvalue weighted by atomic mass is 9.90. The highest BCUT2D eigenvalue weighted by molar-refractivity contribution is 5.85. The molecule has 2 N–H and O–H groups in total. The Bertz CT molecular complexity index is 470. The maximum absolute atomic E-state index is 12.3. The van der Waals surface area contributed by atoms with Gasteiger partial charge in [-0.1, -0.05) is 51.1 Å². The van der Waals surface area contributed by atoms with Crippen molar-refractivity contribution in [1.29, 1.82) is 0 Å². The third kappa shape index (κ3) is 5.29. The first-order valence-electron chi connectivity index (χ1n) is 7.95. The third-order valence-corrected chi connectivity index (χ3v) is 4.26. The molecule has 1 aliphatic rings. The Morgan fingerprint density at radius 1 is 1.23 bits per heavy atom. The average Bonchev–Trinajstić information content (AvgIpc) is 2.80. The van der Waals surface area contributed by atoms with Gasteiger partial charge in [0.05, 0.1) is 0 Å². The van der Waals surface area contributed by atoms with Crippen LogP contribution in [0.4, 0.5) is 0 Å². The number of amides is 1. The maximum Gasteiger partial charge on any atom is 0.222 e. The van der Waals surface area contributed by atoms with Crippen molar-refractivity contribution in [1.82, 2.24) is 4.90 Å². The Morgan fingerprint density at radius 2 is 1.86 bits per heavy atom. The van der Waals surface area contributed by atoms with Gasteiger partial charge in [0.2, 0.25) is 5.91 Å². The molecular weight excluding hydrogens is 296 g/mol. The summed E-state index contributed by atoms with van der Waals surface area (Å²) in [6.45, 7) is 8.10. The number of halogens is 1. The molecule has 4 heteroatoms. The SMILES string of the molecule is CC(C)(C)CCCC(=O)N1C[C@@H](N)[C@H](c2ccccc2)C1.Cl. The van der Waals surface area contributed by atoms with E-state index >= 15 is 0 Å². The summed E-state index contributed by atoms with van der Waals surface area (Å²) in [6, 6.07) is 10.4. The summed E-state index contributed by atoms with van der Waals surface area (Å²) >= 11 is 0. The zero-order chi connectivity index (χ0) is 15.5. The van der Waals surface area contributed by atoms with Crippen molar-refractivity contribution in [3.05, 3.63) is 35.9 Å². The second kappa shape index (κ2) is 7.98. The van der Waals surface area contributed by atoms with Crippen LogP contribution in [0.5, 0.6) is 0 Å². The summed E-state index contributed by atoms with van der Waals surface area (Å²) in [5.41, 5.74) is 7.79. The minimum Gasteiger partial charge on any atom is -0.340 e. The van der Waals surface area contributed by atoms with E-state index in [1.54, 1.807) is 0 Å². The number of carbonyl (C=O) groups is 1. The van der Waals surface area contributed by atoms with E-state index in [2.05, 4.69) is 32.9 Å². The summed E-state index contributed by atoms with van der Waals surface area (Å²) in [5.74, 6) is 0.533. The number of benzene rings is 1. The lowest BCUT2D eigenvalue weighted by Crippen LogP contribution is -2.32. The van der Waals surface area contributed by atoms with Crippen LogP contribution in [-0.2, 0) is 4.79 Å². The fourth-order valence-electron chi connectivity index (χ4n) is 3.01. The highest BCUT2D eigenvalue weighted by atomic mass is 35.5. The smallest absolute Gasteiger partial charge is 0.222 e. The minimum absolute atomic E-state index is 0. The zero-order valence-corrected chi connectivity index (χ0v) is 14.7. The number of hydrogen-bond acceptors (Lipinski definition) is 2. The number of carbonyl (C=O) groups excluding carboxylic acids is 1. The molecule has 0 saturated carbocycles. The van der Waals surface area contributed by atoms with Crippen LogP contribution in [0.1, 0.15) is 51.5 Å². The summed E-state index contributed by atoms with van der Waals surface area (Å²) in [7, 11) is 0. The fraction of sp³-hybridized carbons (Fsp3) is 0.611. The van der Waals surface area contributed by atoms with Gasteiger partial charge >= 0.3 is 0 Å². The van der Waals surface area contributed by atoms with Gasteiger partial charge in [-0.05, 0) is 23.8 Å². The highest BCUT2D eigenvalue weighted by Crippen LogP contribution is 2.27. The maximum atomic E-state index is 12.3. The van der Waals surface area contributed by atoms with Crippen molar-refractivity contribution in [2.24, 2.45) is 11.1 Å². The highest BCUT2D eigenvalue weighted by Gasteiger charge is 2.33. The largest absolute Gasteiger partial charge is 0.340 e. The van der Waals surface area contributed by atoms with E-state index < -0.39 is 0 Å². The van der Waals surface area contributed by atoms with Crippen LogP contribution in [0.2, 0.25) is 0 Å². The molecule has 0 unspecified atom stereocenters. The van der Waals surface area contributed by atoms with E-state index in [0.29, 0.717) is 18.4 Å². The lowest BCUT2D eigenvalue weighted by Gasteiger charge is -2.20. The molecule has 1 amide bonds. The normalized spacial score (nSPS) is 21.5. The average molecular weight is 325 g/mol. The molecule has 0 spiro atoms. The molecular formula is C18H29ClN2O. The van der Waals surface area contributed by atoms with Gasteiger partial charge in [-0.3, -0.25) is 4.79 Å². The standard InChI is InChI=1S/C18H28N2O.ClH/c1-18(2,3)11-7-10-17(21)20-12-15(16(19)13-20)14-8-5-4-6-9-14;/h4-6,8-9,15-16H,7,10-13,19H2,1-3H3;1H/t15-,16+;/m0./s1. The van der Waals surface area contributed by atoms with Gasteiger partial charge in [0, 0.05) is 31.5 Å². The quantitative estimate of drug-likeness (QED) is 0.920. The molecule has 22 heavy (non-hydrogen) atoms. The van der Waals surface area contributed by atoms with Crippen LogP contribution in [0.3, 0.4) is 0 Å². The first kappa shape index (κ1) is 19.0. The Kier molecular flexibility index (Phi) is 6.89. The predicted octanol–water partition coefficient (Wildman–Crippen LogP) is 3.58. The molecule has 1 fully saturated rings. The van der Waals surface area contributed by atoms with Crippen LogP contribution in [0.25, 0.3) is 0 Å². The Labute approximate surface area is 140 Å². The molecule has 0 radical (unpaired) electrons. The fourth-order valence-corrected chi connectivity index (χ4v) is 3.01. The zero-order valence-electron chi connectivity index (χ0n) is 13.9. The van der Waals surface area contributed by atoms with E-state index in [-0.39, 0.29) is 30.3 Å². The topological polar surface area (TPSA) is 46.3 Å². The van der Waals surface area contributed by atoms with Crippen molar-refractivity contribution < 1.29 is 4.79 Å². The monoisotopic (exact) mass is 324 g/mol. The first-order chi connectivity index (χ1) is 9.87. The van der Waals surface area contributed by atoms with Crippen molar-refractivity contribution >= 4 is 18.3 Å².